The van der Waals surface area contributed by atoms with E-state index in [2.05, 4.69) is 9.55 Å². The first-order valence-corrected chi connectivity index (χ1v) is 8.80. The van der Waals surface area contributed by atoms with Crippen molar-refractivity contribution in [2.45, 2.75) is 31.7 Å². The fraction of sp³-hybridized carbons (Fsp3) is 0.474. The van der Waals surface area contributed by atoms with Crippen LogP contribution in [0.3, 0.4) is 0 Å². The first-order chi connectivity index (χ1) is 11.8. The van der Waals surface area contributed by atoms with Crippen molar-refractivity contribution >= 4 is 5.91 Å². The largest absolute Gasteiger partial charge is 0.492 e. The van der Waals surface area contributed by atoms with E-state index in [1.54, 1.807) is 6.20 Å². The van der Waals surface area contributed by atoms with Gasteiger partial charge in [0, 0.05) is 25.5 Å². The summed E-state index contributed by atoms with van der Waals surface area (Å²) in [6, 6.07) is 7.95. The van der Waals surface area contributed by atoms with Gasteiger partial charge in [-0.15, -0.1) is 0 Å². The summed E-state index contributed by atoms with van der Waals surface area (Å²) < 4.78 is 8.02. The highest BCUT2D eigenvalue weighted by molar-refractivity contribution is 5.97. The zero-order valence-corrected chi connectivity index (χ0v) is 13.8. The molecule has 0 radical (unpaired) electrons. The minimum Gasteiger partial charge on any atom is -0.492 e. The lowest BCUT2D eigenvalue weighted by Gasteiger charge is -2.33. The number of carbonyl (C=O) groups is 1. The van der Waals surface area contributed by atoms with Gasteiger partial charge in [0.25, 0.3) is 5.91 Å². The Morgan fingerprint density at radius 2 is 2.12 bits per heavy atom. The molecule has 2 heterocycles. The Morgan fingerprint density at radius 3 is 2.92 bits per heavy atom. The van der Waals surface area contributed by atoms with Crippen molar-refractivity contribution in [2.75, 3.05) is 19.7 Å². The van der Waals surface area contributed by atoms with E-state index in [0.29, 0.717) is 17.5 Å². The van der Waals surface area contributed by atoms with E-state index in [9.17, 15) is 4.79 Å². The Morgan fingerprint density at radius 1 is 1.25 bits per heavy atom. The molecule has 24 heavy (non-hydrogen) atoms. The standard InChI is InChI=1S/C19H23N3O2/c23-19(17-5-1-2-6-18(17)24-13-15-7-8-15)21-10-3-4-16(12-21)22-11-9-20-14-22/h1-2,5-6,9,11,14-16H,3-4,7-8,10,12-13H2/t16-/m1/s1. The summed E-state index contributed by atoms with van der Waals surface area (Å²) in [7, 11) is 0. The number of rotatable bonds is 5. The average Bonchev–Trinajstić information content (AvgIpc) is 3.30. The maximum absolute atomic E-state index is 13.0. The summed E-state index contributed by atoms with van der Waals surface area (Å²) in [5.41, 5.74) is 0.685. The van der Waals surface area contributed by atoms with Gasteiger partial charge in [0.2, 0.25) is 0 Å². The number of hydrogen-bond acceptors (Lipinski definition) is 3. The van der Waals surface area contributed by atoms with Crippen molar-refractivity contribution in [3.63, 3.8) is 0 Å². The quantitative estimate of drug-likeness (QED) is 0.848. The van der Waals surface area contributed by atoms with E-state index >= 15 is 0 Å². The molecule has 1 amide bonds. The van der Waals surface area contributed by atoms with Gasteiger partial charge >= 0.3 is 0 Å². The Bertz CT molecular complexity index is 694. The summed E-state index contributed by atoms with van der Waals surface area (Å²) in [6.07, 6.45) is 10.2. The molecule has 126 valence electrons. The van der Waals surface area contributed by atoms with E-state index < -0.39 is 0 Å². The van der Waals surface area contributed by atoms with Crippen molar-refractivity contribution in [3.8, 4) is 5.75 Å². The van der Waals surface area contributed by atoms with E-state index in [0.717, 1.165) is 38.3 Å². The van der Waals surface area contributed by atoms with Crippen LogP contribution in [0.1, 0.15) is 42.1 Å². The molecular formula is C19H23N3O2. The summed E-state index contributed by atoms with van der Waals surface area (Å²) >= 11 is 0. The van der Waals surface area contributed by atoms with E-state index in [-0.39, 0.29) is 5.91 Å². The number of amides is 1. The molecule has 5 heteroatoms. The van der Waals surface area contributed by atoms with Gasteiger partial charge < -0.3 is 14.2 Å². The van der Waals surface area contributed by atoms with Crippen molar-refractivity contribution in [3.05, 3.63) is 48.5 Å². The zero-order valence-electron chi connectivity index (χ0n) is 13.8. The SMILES string of the molecule is O=C(c1ccccc1OCC1CC1)N1CCC[C@@H](n2ccnc2)C1. The minimum absolute atomic E-state index is 0.0752. The Kier molecular flexibility index (Phi) is 4.24. The number of imidazole rings is 1. The number of hydrogen-bond donors (Lipinski definition) is 0. The van der Waals surface area contributed by atoms with Crippen LogP contribution in [0.15, 0.2) is 43.0 Å². The summed E-state index contributed by atoms with van der Waals surface area (Å²) in [4.78, 5) is 19.1. The summed E-state index contributed by atoms with van der Waals surface area (Å²) in [6.45, 7) is 2.26. The maximum Gasteiger partial charge on any atom is 0.257 e. The van der Waals surface area contributed by atoms with Crippen LogP contribution in [0.2, 0.25) is 0 Å². The van der Waals surface area contributed by atoms with Gasteiger partial charge in [0.05, 0.1) is 24.5 Å². The second-order valence-corrected chi connectivity index (χ2v) is 6.81. The molecule has 5 nitrogen and oxygen atoms in total. The number of nitrogens with zero attached hydrogens (tertiary/aromatic N) is 3. The highest BCUT2D eigenvalue weighted by Crippen LogP contribution is 2.31. The molecule has 4 rings (SSSR count). The molecule has 0 bridgehead atoms. The van der Waals surface area contributed by atoms with Gasteiger partial charge in [-0.2, -0.15) is 0 Å². The molecule has 1 aliphatic carbocycles. The molecule has 0 N–H and O–H groups in total. The van der Waals surface area contributed by atoms with Crippen LogP contribution in [0.5, 0.6) is 5.75 Å². The highest BCUT2D eigenvalue weighted by atomic mass is 16.5. The fourth-order valence-corrected chi connectivity index (χ4v) is 3.30. The molecule has 1 atom stereocenters. The van der Waals surface area contributed by atoms with Crippen molar-refractivity contribution in [1.29, 1.82) is 0 Å². The van der Waals surface area contributed by atoms with Crippen LogP contribution in [0.4, 0.5) is 0 Å². The van der Waals surface area contributed by atoms with Crippen LogP contribution in [-0.2, 0) is 0 Å². The van der Waals surface area contributed by atoms with Gasteiger partial charge in [-0.3, -0.25) is 4.79 Å². The smallest absolute Gasteiger partial charge is 0.257 e. The third-order valence-corrected chi connectivity index (χ3v) is 4.92. The van der Waals surface area contributed by atoms with Crippen LogP contribution < -0.4 is 4.74 Å². The molecule has 1 aliphatic heterocycles. The Hall–Kier alpha value is -2.30. The lowest BCUT2D eigenvalue weighted by molar-refractivity contribution is 0.0674. The highest BCUT2D eigenvalue weighted by Gasteiger charge is 2.28. The fourth-order valence-electron chi connectivity index (χ4n) is 3.30. The lowest BCUT2D eigenvalue weighted by atomic mass is 10.0. The van der Waals surface area contributed by atoms with E-state index in [1.807, 2.05) is 41.7 Å². The van der Waals surface area contributed by atoms with Gasteiger partial charge in [0.15, 0.2) is 0 Å². The number of para-hydroxylation sites is 1. The second-order valence-electron chi connectivity index (χ2n) is 6.81. The van der Waals surface area contributed by atoms with Crippen LogP contribution >= 0.6 is 0 Å². The molecular weight excluding hydrogens is 302 g/mol. The molecule has 1 saturated carbocycles. The zero-order chi connectivity index (χ0) is 16.4. The van der Waals surface area contributed by atoms with Crippen molar-refractivity contribution < 1.29 is 9.53 Å². The normalized spacial score (nSPS) is 20.8. The third kappa shape index (κ3) is 3.30. The van der Waals surface area contributed by atoms with Crippen molar-refractivity contribution in [1.82, 2.24) is 14.5 Å². The van der Waals surface area contributed by atoms with Crippen LogP contribution in [-0.4, -0.2) is 40.1 Å². The van der Waals surface area contributed by atoms with Gasteiger partial charge in [0.1, 0.15) is 5.75 Å². The molecule has 1 aromatic carbocycles. The average molecular weight is 325 g/mol. The number of likely N-dealkylation sites (tertiary alicyclic amines) is 1. The van der Waals surface area contributed by atoms with Crippen LogP contribution in [0, 0.1) is 5.92 Å². The predicted octanol–water partition coefficient (Wildman–Crippen LogP) is 3.15. The number of aromatic nitrogens is 2. The molecule has 0 unspecified atom stereocenters. The van der Waals surface area contributed by atoms with Gasteiger partial charge in [-0.05, 0) is 43.7 Å². The first kappa shape index (κ1) is 15.2. The lowest BCUT2D eigenvalue weighted by Crippen LogP contribution is -2.40. The molecule has 2 fully saturated rings. The van der Waals surface area contributed by atoms with Crippen molar-refractivity contribution in [2.24, 2.45) is 5.92 Å². The van der Waals surface area contributed by atoms with Gasteiger partial charge in [-0.25, -0.2) is 4.98 Å². The topological polar surface area (TPSA) is 47.4 Å². The Labute approximate surface area is 142 Å². The molecule has 2 aliphatic rings. The maximum atomic E-state index is 13.0. The minimum atomic E-state index is 0.0752. The second kappa shape index (κ2) is 6.67. The monoisotopic (exact) mass is 325 g/mol. The molecule has 1 aromatic heterocycles. The summed E-state index contributed by atoms with van der Waals surface area (Å²) in [5, 5.41) is 0. The predicted molar refractivity (Wildman–Crippen MR) is 91.1 cm³/mol. The first-order valence-electron chi connectivity index (χ1n) is 8.80. The third-order valence-electron chi connectivity index (χ3n) is 4.92. The van der Waals surface area contributed by atoms with Gasteiger partial charge in [-0.1, -0.05) is 12.1 Å². The van der Waals surface area contributed by atoms with Crippen LogP contribution in [0.25, 0.3) is 0 Å². The summed E-state index contributed by atoms with van der Waals surface area (Å²) in [5.74, 6) is 1.47. The molecule has 0 spiro atoms. The number of ether oxygens (including phenoxy) is 1. The number of benzene rings is 1. The Balaban J connectivity index is 1.48. The number of carbonyl (C=O) groups excluding carboxylic acids is 1. The molecule has 2 aromatic rings. The van der Waals surface area contributed by atoms with E-state index in [4.69, 9.17) is 4.74 Å². The van der Waals surface area contributed by atoms with E-state index in [1.165, 1.54) is 12.8 Å². The number of piperidine rings is 1. The molecule has 1 saturated heterocycles.